The Morgan fingerprint density at radius 1 is 1.17 bits per heavy atom. The Morgan fingerprint density at radius 2 is 1.91 bits per heavy atom. The average molecular weight is 334 g/mol. The normalized spacial score (nSPS) is 11.9. The molecule has 1 aromatic heterocycles. The molecular weight excluding hydrogens is 319 g/mol. The highest BCUT2D eigenvalue weighted by Crippen LogP contribution is 2.19. The van der Waals surface area contributed by atoms with Gasteiger partial charge in [-0.15, -0.1) is 0 Å². The van der Waals surface area contributed by atoms with E-state index in [2.05, 4.69) is 9.71 Å². The highest BCUT2D eigenvalue weighted by molar-refractivity contribution is 7.89. The Balaban J connectivity index is 1.71. The Hall–Kier alpha value is -2.25. The maximum atomic E-state index is 12.8. The highest BCUT2D eigenvalue weighted by atomic mass is 32.2. The van der Waals surface area contributed by atoms with Gasteiger partial charge < -0.3 is 4.42 Å². The Bertz CT molecular complexity index is 934. The van der Waals surface area contributed by atoms with E-state index in [1.807, 2.05) is 0 Å². The van der Waals surface area contributed by atoms with Gasteiger partial charge in [-0.3, -0.25) is 0 Å². The minimum absolute atomic E-state index is 0.136. The van der Waals surface area contributed by atoms with Crippen LogP contribution < -0.4 is 4.72 Å². The third-order valence-electron chi connectivity index (χ3n) is 3.40. The van der Waals surface area contributed by atoms with Crippen molar-refractivity contribution in [3.05, 3.63) is 59.7 Å². The zero-order chi connectivity index (χ0) is 16.4. The lowest BCUT2D eigenvalue weighted by Gasteiger charge is -2.07. The van der Waals surface area contributed by atoms with Crippen LogP contribution in [0.15, 0.2) is 51.8 Å². The van der Waals surface area contributed by atoms with Crippen molar-refractivity contribution in [1.82, 2.24) is 9.71 Å². The number of nitrogens with zero attached hydrogens (tertiary/aromatic N) is 1. The molecule has 1 heterocycles. The van der Waals surface area contributed by atoms with Crippen LogP contribution in [-0.4, -0.2) is 19.9 Å². The molecule has 0 bridgehead atoms. The van der Waals surface area contributed by atoms with Gasteiger partial charge in [0.25, 0.3) is 0 Å². The van der Waals surface area contributed by atoms with Crippen molar-refractivity contribution in [3.8, 4) is 0 Å². The number of benzene rings is 2. The van der Waals surface area contributed by atoms with Crippen LogP contribution in [0.4, 0.5) is 4.39 Å². The minimum Gasteiger partial charge on any atom is -0.441 e. The van der Waals surface area contributed by atoms with Gasteiger partial charge in [0.15, 0.2) is 11.5 Å². The highest BCUT2D eigenvalue weighted by Gasteiger charge is 2.15. The number of halogens is 1. The zero-order valence-electron chi connectivity index (χ0n) is 12.4. The summed E-state index contributed by atoms with van der Waals surface area (Å²) in [4.78, 5) is 4.27. The second-order valence-electron chi connectivity index (χ2n) is 5.14. The third kappa shape index (κ3) is 3.57. The van der Waals surface area contributed by atoms with Crippen molar-refractivity contribution < 1.29 is 17.2 Å². The van der Waals surface area contributed by atoms with Gasteiger partial charge in [-0.2, -0.15) is 0 Å². The molecule has 0 spiro atoms. The van der Waals surface area contributed by atoms with Crippen LogP contribution >= 0.6 is 0 Å². The fraction of sp³-hybridized carbons (Fsp3) is 0.188. The van der Waals surface area contributed by atoms with Crippen molar-refractivity contribution in [3.63, 3.8) is 0 Å². The summed E-state index contributed by atoms with van der Waals surface area (Å²) < 4.78 is 45.3. The fourth-order valence-electron chi connectivity index (χ4n) is 2.25. The Kier molecular flexibility index (Phi) is 4.14. The monoisotopic (exact) mass is 334 g/mol. The molecule has 120 valence electrons. The van der Waals surface area contributed by atoms with Crippen molar-refractivity contribution >= 4 is 21.1 Å². The first-order valence-corrected chi connectivity index (χ1v) is 8.54. The molecule has 3 aromatic rings. The molecule has 3 rings (SSSR count). The lowest BCUT2D eigenvalue weighted by molar-refractivity contribution is 0.561. The molecule has 0 aliphatic heterocycles. The van der Waals surface area contributed by atoms with Gasteiger partial charge in [-0.1, -0.05) is 12.1 Å². The summed E-state index contributed by atoms with van der Waals surface area (Å²) in [5.74, 6) is 0.171. The predicted octanol–water partition coefficient (Wildman–Crippen LogP) is 2.80. The lowest BCUT2D eigenvalue weighted by atomic mass is 10.1. The molecule has 0 saturated heterocycles. The van der Waals surface area contributed by atoms with Crippen LogP contribution in [0.1, 0.15) is 11.5 Å². The van der Waals surface area contributed by atoms with E-state index >= 15 is 0 Å². The van der Waals surface area contributed by atoms with Crippen LogP contribution in [0.2, 0.25) is 0 Å². The molecule has 23 heavy (non-hydrogen) atoms. The standard InChI is InChI=1S/C16H15FN2O3S/c1-11-19-15-10-14(6-7-16(15)22-11)23(20,21)18-9-8-12-2-4-13(17)5-3-12/h2-7,10,18H,8-9H2,1H3. The Labute approximate surface area is 133 Å². The smallest absolute Gasteiger partial charge is 0.240 e. The summed E-state index contributed by atoms with van der Waals surface area (Å²) in [5, 5.41) is 0. The molecule has 2 aromatic carbocycles. The van der Waals surface area contributed by atoms with Crippen molar-refractivity contribution in [2.45, 2.75) is 18.2 Å². The number of rotatable bonds is 5. The number of sulfonamides is 1. The molecule has 0 aliphatic rings. The van der Waals surface area contributed by atoms with E-state index < -0.39 is 10.0 Å². The van der Waals surface area contributed by atoms with Crippen LogP contribution in [0.5, 0.6) is 0 Å². The van der Waals surface area contributed by atoms with Gasteiger partial charge in [-0.25, -0.2) is 22.5 Å². The van der Waals surface area contributed by atoms with E-state index in [9.17, 15) is 12.8 Å². The first-order chi connectivity index (χ1) is 10.9. The second kappa shape index (κ2) is 6.10. The lowest BCUT2D eigenvalue weighted by Crippen LogP contribution is -2.26. The molecular formula is C16H15FN2O3S. The van der Waals surface area contributed by atoms with Crippen molar-refractivity contribution in [1.29, 1.82) is 0 Å². The van der Waals surface area contributed by atoms with Gasteiger partial charge in [0.1, 0.15) is 11.3 Å². The number of aromatic nitrogens is 1. The van der Waals surface area contributed by atoms with Gasteiger partial charge in [0.2, 0.25) is 10.0 Å². The summed E-state index contributed by atoms with van der Waals surface area (Å²) >= 11 is 0. The van der Waals surface area contributed by atoms with E-state index in [4.69, 9.17) is 4.42 Å². The largest absolute Gasteiger partial charge is 0.441 e. The van der Waals surface area contributed by atoms with Gasteiger partial charge in [0, 0.05) is 13.5 Å². The molecule has 0 aliphatic carbocycles. The number of aryl methyl sites for hydroxylation is 1. The Morgan fingerprint density at radius 3 is 2.65 bits per heavy atom. The maximum absolute atomic E-state index is 12.8. The molecule has 7 heteroatoms. The van der Waals surface area contributed by atoms with Crippen LogP contribution in [-0.2, 0) is 16.4 Å². The van der Waals surface area contributed by atoms with E-state index in [-0.39, 0.29) is 17.3 Å². The molecule has 0 radical (unpaired) electrons. The molecule has 0 fully saturated rings. The van der Waals surface area contributed by atoms with Crippen LogP contribution in [0, 0.1) is 12.7 Å². The summed E-state index contributed by atoms with van der Waals surface area (Å²) in [5.41, 5.74) is 1.91. The number of nitrogens with one attached hydrogen (secondary N) is 1. The zero-order valence-corrected chi connectivity index (χ0v) is 13.2. The van der Waals surface area contributed by atoms with Crippen molar-refractivity contribution in [2.24, 2.45) is 0 Å². The molecule has 5 nitrogen and oxygen atoms in total. The number of hydrogen-bond donors (Lipinski definition) is 1. The van der Waals surface area contributed by atoms with E-state index in [1.54, 1.807) is 25.1 Å². The SMILES string of the molecule is Cc1nc2cc(S(=O)(=O)NCCc3ccc(F)cc3)ccc2o1. The molecule has 1 N–H and O–H groups in total. The quantitative estimate of drug-likeness (QED) is 0.779. The van der Waals surface area contributed by atoms with E-state index in [0.29, 0.717) is 23.4 Å². The van der Waals surface area contributed by atoms with Crippen molar-refractivity contribution in [2.75, 3.05) is 6.54 Å². The third-order valence-corrected chi connectivity index (χ3v) is 4.85. The molecule has 0 atom stereocenters. The van der Waals surface area contributed by atoms with Crippen LogP contribution in [0.3, 0.4) is 0 Å². The number of oxazole rings is 1. The molecule has 0 unspecified atom stereocenters. The fourth-order valence-corrected chi connectivity index (χ4v) is 3.31. The minimum atomic E-state index is -3.63. The maximum Gasteiger partial charge on any atom is 0.240 e. The predicted molar refractivity (Wildman–Crippen MR) is 84.0 cm³/mol. The van der Waals surface area contributed by atoms with Gasteiger partial charge in [0.05, 0.1) is 4.90 Å². The average Bonchev–Trinajstić information content (AvgIpc) is 2.88. The molecule has 0 saturated carbocycles. The number of hydrogen-bond acceptors (Lipinski definition) is 4. The molecule has 0 amide bonds. The van der Waals surface area contributed by atoms with Gasteiger partial charge >= 0.3 is 0 Å². The van der Waals surface area contributed by atoms with E-state index in [0.717, 1.165) is 5.56 Å². The summed E-state index contributed by atoms with van der Waals surface area (Å²) in [6, 6.07) is 10.5. The first kappa shape index (κ1) is 15.6. The van der Waals surface area contributed by atoms with Gasteiger partial charge in [-0.05, 0) is 42.3 Å². The number of fused-ring (bicyclic) bond motifs is 1. The van der Waals surface area contributed by atoms with Crippen LogP contribution in [0.25, 0.3) is 11.1 Å². The summed E-state index contributed by atoms with van der Waals surface area (Å²) in [6.45, 7) is 1.93. The first-order valence-electron chi connectivity index (χ1n) is 7.05. The summed E-state index contributed by atoms with van der Waals surface area (Å²) in [6.07, 6.45) is 0.477. The second-order valence-corrected chi connectivity index (χ2v) is 6.90. The topological polar surface area (TPSA) is 72.2 Å². The van der Waals surface area contributed by atoms with E-state index in [1.165, 1.54) is 24.3 Å². The summed E-state index contributed by atoms with van der Waals surface area (Å²) in [7, 11) is -3.63.